The molecule has 2 aromatic heterocycles. The van der Waals surface area contributed by atoms with Crippen molar-refractivity contribution >= 4 is 23.3 Å². The number of carbonyl (C=O) groups is 1. The number of hydrogen-bond acceptors (Lipinski definition) is 7. The number of allylic oxidation sites excluding steroid dienone is 1. The van der Waals surface area contributed by atoms with Gasteiger partial charge in [-0.05, 0) is 5.57 Å². The van der Waals surface area contributed by atoms with Gasteiger partial charge < -0.3 is 20.5 Å². The minimum atomic E-state index is -1.69. The highest BCUT2D eigenvalue weighted by Gasteiger charge is 2.23. The third-order valence-electron chi connectivity index (χ3n) is 2.73. The second kappa shape index (κ2) is 5.12. The molecule has 0 radical (unpaired) electrons. The number of hydrogen-bond donors (Lipinski definition) is 3. The van der Waals surface area contributed by atoms with E-state index in [4.69, 9.17) is 5.73 Å². The van der Waals surface area contributed by atoms with Crippen LogP contribution < -0.4 is 5.73 Å². The summed E-state index contributed by atoms with van der Waals surface area (Å²) in [6.07, 6.45) is 1.57. The first kappa shape index (κ1) is 13.1. The van der Waals surface area contributed by atoms with Crippen molar-refractivity contribution in [3.8, 4) is 0 Å². The van der Waals surface area contributed by atoms with E-state index >= 15 is 0 Å². The summed E-state index contributed by atoms with van der Waals surface area (Å²) in [5.41, 5.74) is 6.62. The van der Waals surface area contributed by atoms with Crippen LogP contribution in [0.25, 0.3) is 11.2 Å². The molecule has 0 amide bonds. The number of nitrogens with two attached hydrogens (primary N) is 1. The molecule has 2 rings (SSSR count). The molecule has 0 aliphatic rings. The van der Waals surface area contributed by atoms with Crippen LogP contribution in [0, 0.1) is 0 Å². The van der Waals surface area contributed by atoms with Gasteiger partial charge in [0, 0.05) is 6.42 Å². The fraction of sp³-hybridized carbons (Fsp3) is 0.273. The molecular formula is C11H13N5O3. The molecule has 0 spiro atoms. The van der Waals surface area contributed by atoms with E-state index in [2.05, 4.69) is 21.5 Å². The number of aliphatic hydroxyl groups excluding tert-OH is 1. The van der Waals surface area contributed by atoms with E-state index in [0.29, 0.717) is 17.5 Å². The van der Waals surface area contributed by atoms with Crippen LogP contribution >= 0.6 is 0 Å². The molecule has 0 aromatic carbocycles. The number of imidazole rings is 1. The van der Waals surface area contributed by atoms with E-state index < -0.39 is 12.3 Å². The number of fused-ring (bicyclic) bond motifs is 1. The topological polar surface area (TPSA) is 127 Å². The zero-order valence-corrected chi connectivity index (χ0v) is 9.97. The molecule has 100 valence electrons. The quantitative estimate of drug-likeness (QED) is 0.373. The highest BCUT2D eigenvalue weighted by Crippen LogP contribution is 2.24. The largest absolute Gasteiger partial charge is 0.382 e. The van der Waals surface area contributed by atoms with Crippen molar-refractivity contribution < 1.29 is 15.0 Å². The van der Waals surface area contributed by atoms with E-state index in [-0.39, 0.29) is 17.8 Å². The summed E-state index contributed by atoms with van der Waals surface area (Å²) in [4.78, 5) is 22.4. The number of carbonyl (C=O) groups excluding carboxylic acids is 1. The van der Waals surface area contributed by atoms with Crippen LogP contribution in [0.15, 0.2) is 24.8 Å². The van der Waals surface area contributed by atoms with Crippen molar-refractivity contribution in [2.75, 3.05) is 5.73 Å². The lowest BCUT2D eigenvalue weighted by molar-refractivity contribution is -0.105. The third kappa shape index (κ3) is 2.44. The zero-order valence-electron chi connectivity index (χ0n) is 9.97. The number of nitrogen functional groups attached to an aromatic ring is 1. The minimum Gasteiger partial charge on any atom is -0.382 e. The maximum atomic E-state index is 10.6. The Bertz CT molecular complexity index is 622. The number of aromatic nitrogens is 4. The predicted molar refractivity (Wildman–Crippen MR) is 66.8 cm³/mol. The molecule has 8 nitrogen and oxygen atoms in total. The molecule has 4 N–H and O–H groups in total. The normalized spacial score (nSPS) is 12.8. The van der Waals surface area contributed by atoms with Crippen LogP contribution in [0.4, 0.5) is 5.82 Å². The van der Waals surface area contributed by atoms with Crippen molar-refractivity contribution in [2.24, 2.45) is 0 Å². The van der Waals surface area contributed by atoms with E-state index in [1.54, 1.807) is 0 Å². The van der Waals surface area contributed by atoms with Gasteiger partial charge in [0.25, 0.3) is 0 Å². The molecule has 0 bridgehead atoms. The molecule has 0 aliphatic carbocycles. The number of rotatable bonds is 5. The molecule has 8 heteroatoms. The Labute approximate surface area is 108 Å². The average Bonchev–Trinajstić information content (AvgIpc) is 2.80. The second-order valence-electron chi connectivity index (χ2n) is 4.04. The van der Waals surface area contributed by atoms with E-state index in [0.717, 1.165) is 0 Å². The number of aldehydes is 1. The first-order chi connectivity index (χ1) is 9.04. The molecule has 0 saturated carbocycles. The second-order valence-corrected chi connectivity index (χ2v) is 4.04. The molecule has 0 fully saturated rings. The summed E-state index contributed by atoms with van der Waals surface area (Å²) in [6.45, 7) is 3.52. The number of aliphatic hydroxyl groups is 2. The SMILES string of the molecule is C=C(C=O)C[C@H](C(O)O)n1cnc2c(N)ncnc21. The molecule has 0 aliphatic heterocycles. The van der Waals surface area contributed by atoms with Crippen LogP contribution in [0.5, 0.6) is 0 Å². The van der Waals surface area contributed by atoms with Gasteiger partial charge in [0.1, 0.15) is 18.1 Å². The molecule has 1 atom stereocenters. The van der Waals surface area contributed by atoms with Crippen LogP contribution in [-0.4, -0.2) is 42.3 Å². The van der Waals surface area contributed by atoms with Crippen molar-refractivity contribution in [3.05, 3.63) is 24.8 Å². The summed E-state index contributed by atoms with van der Waals surface area (Å²) in [7, 11) is 0. The van der Waals surface area contributed by atoms with Gasteiger partial charge in [-0.25, -0.2) is 15.0 Å². The van der Waals surface area contributed by atoms with Gasteiger partial charge in [0.2, 0.25) is 0 Å². The maximum absolute atomic E-state index is 10.6. The molecule has 0 saturated heterocycles. The Balaban J connectivity index is 2.48. The van der Waals surface area contributed by atoms with Gasteiger partial charge in [0.05, 0.1) is 12.4 Å². The van der Waals surface area contributed by atoms with Crippen molar-refractivity contribution in [1.29, 1.82) is 0 Å². The highest BCUT2D eigenvalue weighted by molar-refractivity contribution is 5.81. The molecule has 2 aromatic rings. The van der Waals surface area contributed by atoms with Gasteiger partial charge in [-0.2, -0.15) is 0 Å². The monoisotopic (exact) mass is 263 g/mol. The maximum Gasteiger partial charge on any atom is 0.173 e. The van der Waals surface area contributed by atoms with Crippen LogP contribution in [0.2, 0.25) is 0 Å². The Morgan fingerprint density at radius 2 is 2.21 bits per heavy atom. The lowest BCUT2D eigenvalue weighted by Gasteiger charge is -2.20. The Kier molecular flexibility index (Phi) is 3.54. The van der Waals surface area contributed by atoms with E-state index in [9.17, 15) is 15.0 Å². The molecular weight excluding hydrogens is 250 g/mol. The summed E-state index contributed by atoms with van der Waals surface area (Å²) < 4.78 is 1.44. The van der Waals surface area contributed by atoms with Crippen molar-refractivity contribution in [1.82, 2.24) is 19.5 Å². The molecule has 0 unspecified atom stereocenters. The summed E-state index contributed by atoms with van der Waals surface area (Å²) in [6, 6.07) is -0.822. The average molecular weight is 263 g/mol. The van der Waals surface area contributed by atoms with Crippen molar-refractivity contribution in [2.45, 2.75) is 18.8 Å². The van der Waals surface area contributed by atoms with Crippen LogP contribution in [-0.2, 0) is 4.79 Å². The first-order valence-corrected chi connectivity index (χ1v) is 5.46. The fourth-order valence-corrected chi connectivity index (χ4v) is 1.78. The Morgan fingerprint density at radius 1 is 1.47 bits per heavy atom. The Morgan fingerprint density at radius 3 is 2.84 bits per heavy atom. The van der Waals surface area contributed by atoms with Gasteiger partial charge in [-0.15, -0.1) is 0 Å². The van der Waals surface area contributed by atoms with Gasteiger partial charge in [-0.1, -0.05) is 6.58 Å². The smallest absolute Gasteiger partial charge is 0.173 e. The van der Waals surface area contributed by atoms with Gasteiger partial charge >= 0.3 is 0 Å². The molecule has 19 heavy (non-hydrogen) atoms. The van der Waals surface area contributed by atoms with Crippen LogP contribution in [0.3, 0.4) is 0 Å². The van der Waals surface area contributed by atoms with Gasteiger partial charge in [0.15, 0.2) is 17.8 Å². The van der Waals surface area contributed by atoms with E-state index in [1.165, 1.54) is 17.2 Å². The fourth-order valence-electron chi connectivity index (χ4n) is 1.78. The molecule has 2 heterocycles. The summed E-state index contributed by atoms with van der Waals surface area (Å²) >= 11 is 0. The summed E-state index contributed by atoms with van der Waals surface area (Å²) in [5.74, 6) is 0.198. The van der Waals surface area contributed by atoms with Crippen molar-refractivity contribution in [3.63, 3.8) is 0 Å². The predicted octanol–water partition coefficient (Wildman–Crippen LogP) is -0.595. The number of nitrogens with zero attached hydrogens (tertiary/aromatic N) is 4. The van der Waals surface area contributed by atoms with Crippen LogP contribution in [0.1, 0.15) is 12.5 Å². The van der Waals surface area contributed by atoms with Gasteiger partial charge in [-0.3, -0.25) is 4.79 Å². The summed E-state index contributed by atoms with van der Waals surface area (Å²) in [5, 5.41) is 18.9. The lowest BCUT2D eigenvalue weighted by atomic mass is 10.1. The Hall–Kier alpha value is -2.32. The third-order valence-corrected chi connectivity index (χ3v) is 2.73. The lowest BCUT2D eigenvalue weighted by Crippen LogP contribution is -2.24. The standard InChI is InChI=1S/C11H13N5O3/c1-6(3-17)2-7(11(18)19)16-5-15-8-9(12)13-4-14-10(8)16/h3-5,7,11,18-19H,1-2H2,(H2,12,13,14)/t7-/m1/s1. The first-order valence-electron chi connectivity index (χ1n) is 5.46. The van der Waals surface area contributed by atoms with E-state index in [1.807, 2.05) is 0 Å². The number of anilines is 1. The minimum absolute atomic E-state index is 0.0660. The zero-order chi connectivity index (χ0) is 14.0. The highest BCUT2D eigenvalue weighted by atomic mass is 16.5.